The molecule has 0 saturated carbocycles. The summed E-state index contributed by atoms with van der Waals surface area (Å²) in [5.41, 5.74) is 0.398. The van der Waals surface area contributed by atoms with Crippen LogP contribution in [0, 0.1) is 0 Å². The fourth-order valence-electron chi connectivity index (χ4n) is 2.09. The van der Waals surface area contributed by atoms with Crippen molar-refractivity contribution in [3.8, 4) is 0 Å². The molecule has 0 saturated heterocycles. The predicted molar refractivity (Wildman–Crippen MR) is 106 cm³/mol. The molecule has 0 spiro atoms. The summed E-state index contributed by atoms with van der Waals surface area (Å²) in [5.74, 6) is 0.978. The van der Waals surface area contributed by atoms with Crippen molar-refractivity contribution < 1.29 is 17.9 Å². The van der Waals surface area contributed by atoms with E-state index in [0.29, 0.717) is 27.8 Å². The number of hydrogen-bond donors (Lipinski definition) is 0. The van der Waals surface area contributed by atoms with Gasteiger partial charge in [-0.3, -0.25) is 8.42 Å². The standard InChI is InChI=1S/C18H27ClO4S2/c1-3-5-11-24(21)14-17(25(22)12-6-4-2)13-23-18(20)15-7-9-16(19)10-8-15/h7-10,17H,3-6,11-14H2,1-2H3/t17-,24-,25-/m1/s1. The first-order valence-electron chi connectivity index (χ1n) is 8.62. The number of benzene rings is 1. The molecule has 0 aliphatic carbocycles. The highest BCUT2D eigenvalue weighted by Gasteiger charge is 2.22. The van der Waals surface area contributed by atoms with Gasteiger partial charge in [-0.1, -0.05) is 38.3 Å². The molecule has 0 amide bonds. The van der Waals surface area contributed by atoms with Gasteiger partial charge in [0.15, 0.2) is 0 Å². The van der Waals surface area contributed by atoms with Gasteiger partial charge in [0.2, 0.25) is 0 Å². The number of carbonyl (C=O) groups is 1. The summed E-state index contributed by atoms with van der Waals surface area (Å²) in [6, 6.07) is 6.42. The van der Waals surface area contributed by atoms with Crippen LogP contribution in [0.25, 0.3) is 0 Å². The molecule has 0 unspecified atom stereocenters. The fourth-order valence-corrected chi connectivity index (χ4v) is 5.69. The number of unbranched alkanes of at least 4 members (excludes halogenated alkanes) is 2. The molecule has 0 aromatic heterocycles. The smallest absolute Gasteiger partial charge is 0.338 e. The molecule has 3 atom stereocenters. The largest absolute Gasteiger partial charge is 0.461 e. The van der Waals surface area contributed by atoms with Crippen LogP contribution in [0.1, 0.15) is 49.9 Å². The van der Waals surface area contributed by atoms with Crippen LogP contribution in [0.5, 0.6) is 0 Å². The van der Waals surface area contributed by atoms with Gasteiger partial charge in [-0.15, -0.1) is 0 Å². The van der Waals surface area contributed by atoms with E-state index >= 15 is 0 Å². The lowest BCUT2D eigenvalue weighted by Crippen LogP contribution is -2.31. The zero-order valence-electron chi connectivity index (χ0n) is 14.9. The van der Waals surface area contributed by atoms with Gasteiger partial charge < -0.3 is 4.74 Å². The molecule has 4 nitrogen and oxygen atoms in total. The minimum Gasteiger partial charge on any atom is -0.461 e. The number of carbonyl (C=O) groups excluding carboxylic acids is 1. The Kier molecular flexibility index (Phi) is 11.3. The van der Waals surface area contributed by atoms with E-state index in [4.69, 9.17) is 16.3 Å². The molecular formula is C18H27ClO4S2. The first-order valence-corrected chi connectivity index (χ1v) is 11.9. The average Bonchev–Trinajstić information content (AvgIpc) is 2.61. The topological polar surface area (TPSA) is 60.4 Å². The maximum atomic E-state index is 12.5. The van der Waals surface area contributed by atoms with Crippen molar-refractivity contribution in [3.05, 3.63) is 34.9 Å². The van der Waals surface area contributed by atoms with E-state index in [0.717, 1.165) is 25.7 Å². The summed E-state index contributed by atoms with van der Waals surface area (Å²) in [4.78, 5) is 12.1. The van der Waals surface area contributed by atoms with Gasteiger partial charge in [-0.25, -0.2) is 4.79 Å². The Balaban J connectivity index is 2.64. The quantitative estimate of drug-likeness (QED) is 0.493. The highest BCUT2D eigenvalue weighted by molar-refractivity contribution is 7.89. The zero-order valence-corrected chi connectivity index (χ0v) is 17.3. The molecule has 1 aromatic rings. The third-order valence-electron chi connectivity index (χ3n) is 3.65. The highest BCUT2D eigenvalue weighted by atomic mass is 35.5. The highest BCUT2D eigenvalue weighted by Crippen LogP contribution is 2.12. The van der Waals surface area contributed by atoms with E-state index in [1.807, 2.05) is 13.8 Å². The number of rotatable bonds is 12. The van der Waals surface area contributed by atoms with Crippen molar-refractivity contribution in [2.75, 3.05) is 23.9 Å². The third kappa shape index (κ3) is 8.97. The molecule has 0 aliphatic heterocycles. The predicted octanol–water partition coefficient (Wildman–Crippen LogP) is 3.96. The van der Waals surface area contributed by atoms with E-state index in [1.54, 1.807) is 24.3 Å². The first kappa shape index (κ1) is 22.3. The molecular weight excluding hydrogens is 380 g/mol. The average molecular weight is 407 g/mol. The van der Waals surface area contributed by atoms with Gasteiger partial charge in [0.1, 0.15) is 6.61 Å². The van der Waals surface area contributed by atoms with Gasteiger partial charge >= 0.3 is 5.97 Å². The van der Waals surface area contributed by atoms with E-state index < -0.39 is 27.6 Å². The molecule has 1 aromatic carbocycles. The Morgan fingerprint density at radius 2 is 1.68 bits per heavy atom. The van der Waals surface area contributed by atoms with Gasteiger partial charge in [-0.2, -0.15) is 0 Å². The number of esters is 1. The van der Waals surface area contributed by atoms with Crippen LogP contribution < -0.4 is 0 Å². The Morgan fingerprint density at radius 3 is 2.28 bits per heavy atom. The van der Waals surface area contributed by atoms with Crippen molar-refractivity contribution in [1.29, 1.82) is 0 Å². The molecule has 0 radical (unpaired) electrons. The van der Waals surface area contributed by atoms with Gasteiger partial charge in [-0.05, 0) is 37.1 Å². The molecule has 0 aliphatic rings. The van der Waals surface area contributed by atoms with Gasteiger partial charge in [0, 0.05) is 43.9 Å². The molecule has 1 rings (SSSR count). The summed E-state index contributed by atoms with van der Waals surface area (Å²) >= 11 is 5.81. The minimum absolute atomic E-state index is 0.0235. The molecule has 7 heteroatoms. The SMILES string of the molecule is CCCC[S@@](=O)C[C@@H](COC(=O)c1ccc(Cl)cc1)[S@](=O)CCCC. The first-order chi connectivity index (χ1) is 12.0. The Bertz CT molecular complexity index is 575. The Hall–Kier alpha value is -0.720. The van der Waals surface area contributed by atoms with Crippen LogP contribution in [0.3, 0.4) is 0 Å². The van der Waals surface area contributed by atoms with Crippen LogP contribution in [0.4, 0.5) is 0 Å². The molecule has 142 valence electrons. The summed E-state index contributed by atoms with van der Waals surface area (Å²) in [6.45, 7) is 4.10. The Morgan fingerprint density at radius 1 is 1.08 bits per heavy atom. The summed E-state index contributed by atoms with van der Waals surface area (Å²) in [6.07, 6.45) is 3.64. The molecule has 0 N–H and O–H groups in total. The zero-order chi connectivity index (χ0) is 18.7. The van der Waals surface area contributed by atoms with E-state index in [2.05, 4.69) is 0 Å². The number of halogens is 1. The van der Waals surface area contributed by atoms with E-state index in [1.165, 1.54) is 0 Å². The van der Waals surface area contributed by atoms with Gasteiger partial charge in [0.05, 0.1) is 10.8 Å². The normalized spacial score (nSPS) is 14.7. The van der Waals surface area contributed by atoms with Crippen molar-refractivity contribution in [2.45, 2.75) is 44.8 Å². The van der Waals surface area contributed by atoms with E-state index in [9.17, 15) is 13.2 Å². The van der Waals surface area contributed by atoms with Gasteiger partial charge in [0.25, 0.3) is 0 Å². The second-order valence-corrected chi connectivity index (χ2v) is 9.72. The molecule has 0 bridgehead atoms. The second kappa shape index (κ2) is 12.6. The van der Waals surface area contributed by atoms with Crippen LogP contribution >= 0.6 is 11.6 Å². The molecule has 0 fully saturated rings. The molecule has 25 heavy (non-hydrogen) atoms. The van der Waals surface area contributed by atoms with Crippen LogP contribution in [0.2, 0.25) is 5.02 Å². The number of hydrogen-bond acceptors (Lipinski definition) is 4. The van der Waals surface area contributed by atoms with Crippen LogP contribution in [-0.2, 0) is 26.3 Å². The lowest BCUT2D eigenvalue weighted by atomic mass is 10.2. The third-order valence-corrected chi connectivity index (χ3v) is 7.37. The summed E-state index contributed by atoms with van der Waals surface area (Å²) < 4.78 is 30.0. The lowest BCUT2D eigenvalue weighted by molar-refractivity contribution is 0.0510. The second-order valence-electron chi connectivity index (χ2n) is 5.83. The van der Waals surface area contributed by atoms with Crippen molar-refractivity contribution >= 4 is 39.2 Å². The lowest BCUT2D eigenvalue weighted by Gasteiger charge is -2.16. The van der Waals surface area contributed by atoms with E-state index in [-0.39, 0.29) is 11.9 Å². The molecule has 0 heterocycles. The fraction of sp³-hybridized carbons (Fsp3) is 0.611. The minimum atomic E-state index is -1.15. The van der Waals surface area contributed by atoms with Crippen molar-refractivity contribution in [1.82, 2.24) is 0 Å². The number of ether oxygens (including phenoxy) is 1. The van der Waals surface area contributed by atoms with Crippen molar-refractivity contribution in [2.24, 2.45) is 0 Å². The van der Waals surface area contributed by atoms with Crippen LogP contribution in [0.15, 0.2) is 24.3 Å². The summed E-state index contributed by atoms with van der Waals surface area (Å²) in [7, 11) is -2.19. The van der Waals surface area contributed by atoms with Crippen molar-refractivity contribution in [3.63, 3.8) is 0 Å². The van der Waals surface area contributed by atoms with Crippen LogP contribution in [-0.4, -0.2) is 43.5 Å². The Labute approximate surface area is 160 Å². The maximum absolute atomic E-state index is 12.5. The maximum Gasteiger partial charge on any atom is 0.338 e. The monoisotopic (exact) mass is 406 g/mol. The summed E-state index contributed by atoms with van der Waals surface area (Å²) in [5, 5.41) is 0.155.